The lowest BCUT2D eigenvalue weighted by molar-refractivity contribution is -0.137. The summed E-state index contributed by atoms with van der Waals surface area (Å²) in [7, 11) is 0. The van der Waals surface area contributed by atoms with Gasteiger partial charge in [0, 0.05) is 11.1 Å². The Morgan fingerprint density at radius 2 is 1.07 bits per heavy atom. The number of nitrogens with zero attached hydrogens (tertiary/aromatic N) is 1. The average molecular weight is 385 g/mol. The lowest BCUT2D eigenvalue weighted by atomic mass is 10.0. The molecule has 0 spiro atoms. The van der Waals surface area contributed by atoms with Crippen molar-refractivity contribution in [1.29, 1.82) is 0 Å². The van der Waals surface area contributed by atoms with Gasteiger partial charge in [-0.1, -0.05) is 36.4 Å². The Kier molecular flexibility index (Phi) is 4.67. The van der Waals surface area contributed by atoms with E-state index in [0.717, 1.165) is 42.5 Å². The monoisotopic (exact) mass is 385 g/mol. The minimum Gasteiger partial charge on any atom is -0.245 e. The van der Waals surface area contributed by atoms with Crippen LogP contribution in [-0.2, 0) is 12.4 Å². The van der Waals surface area contributed by atoms with Crippen molar-refractivity contribution in [1.82, 2.24) is 4.98 Å². The Morgan fingerprint density at radius 1 is 0.593 bits per heavy atom. The molecule has 0 saturated heterocycles. The zero-order valence-corrected chi connectivity index (χ0v) is 13.4. The lowest BCUT2D eigenvalue weighted by Gasteiger charge is -2.15. The summed E-state index contributed by atoms with van der Waals surface area (Å²) in [5, 5.41) is 0. The molecule has 27 heavy (non-hydrogen) atoms. The van der Waals surface area contributed by atoms with Crippen LogP contribution in [0.1, 0.15) is 11.1 Å². The lowest BCUT2D eigenvalue weighted by Crippen LogP contribution is -2.09. The highest BCUT2D eigenvalue weighted by molar-refractivity contribution is 5.71. The van der Waals surface area contributed by atoms with Crippen molar-refractivity contribution in [3.8, 4) is 22.5 Å². The van der Waals surface area contributed by atoms with E-state index in [9.17, 15) is 30.7 Å². The first-order chi connectivity index (χ1) is 12.6. The van der Waals surface area contributed by atoms with Gasteiger partial charge in [0.2, 0.25) is 0 Å². The molecule has 0 radical (unpaired) electrons. The average Bonchev–Trinajstić information content (AvgIpc) is 2.61. The van der Waals surface area contributed by atoms with Crippen LogP contribution in [0.25, 0.3) is 22.5 Å². The molecule has 3 rings (SSSR count). The molecule has 140 valence electrons. The van der Waals surface area contributed by atoms with Crippen LogP contribution in [-0.4, -0.2) is 4.98 Å². The first-order valence-corrected chi connectivity index (χ1v) is 7.59. The SMILES string of the molecule is Fc1ccc(-c2ccccc2C(F)(F)F)nc1-c1ccccc1C(F)(F)F. The van der Waals surface area contributed by atoms with Gasteiger partial charge in [-0.25, -0.2) is 9.37 Å². The smallest absolute Gasteiger partial charge is 0.245 e. The topological polar surface area (TPSA) is 12.9 Å². The van der Waals surface area contributed by atoms with E-state index >= 15 is 0 Å². The van der Waals surface area contributed by atoms with Gasteiger partial charge in [0.15, 0.2) is 0 Å². The molecule has 1 aromatic heterocycles. The van der Waals surface area contributed by atoms with E-state index in [1.807, 2.05) is 0 Å². The van der Waals surface area contributed by atoms with E-state index in [0.29, 0.717) is 0 Å². The summed E-state index contributed by atoms with van der Waals surface area (Å²) in [6.45, 7) is 0. The number of hydrogen-bond donors (Lipinski definition) is 0. The molecule has 0 unspecified atom stereocenters. The molecule has 0 atom stereocenters. The second-order valence-electron chi connectivity index (χ2n) is 5.61. The third-order valence-corrected chi connectivity index (χ3v) is 3.84. The number of hydrogen-bond acceptors (Lipinski definition) is 1. The third-order valence-electron chi connectivity index (χ3n) is 3.84. The Hall–Kier alpha value is -2.90. The number of benzene rings is 2. The zero-order chi connectivity index (χ0) is 19.8. The summed E-state index contributed by atoms with van der Waals surface area (Å²) in [5.74, 6) is -1.07. The molecule has 8 heteroatoms. The van der Waals surface area contributed by atoms with Crippen LogP contribution in [0.2, 0.25) is 0 Å². The Balaban J connectivity index is 2.23. The van der Waals surface area contributed by atoms with Gasteiger partial charge >= 0.3 is 12.4 Å². The van der Waals surface area contributed by atoms with Crippen LogP contribution in [0.3, 0.4) is 0 Å². The largest absolute Gasteiger partial charge is 0.417 e. The van der Waals surface area contributed by atoms with Gasteiger partial charge in [-0.3, -0.25) is 0 Å². The van der Waals surface area contributed by atoms with Gasteiger partial charge in [0.05, 0.1) is 16.8 Å². The molecule has 0 aliphatic carbocycles. The fourth-order valence-electron chi connectivity index (χ4n) is 2.67. The molecule has 0 N–H and O–H groups in total. The summed E-state index contributed by atoms with van der Waals surface area (Å²) in [6, 6.07) is 10.4. The maximum absolute atomic E-state index is 14.2. The highest BCUT2D eigenvalue weighted by atomic mass is 19.4. The summed E-state index contributed by atoms with van der Waals surface area (Å²) < 4.78 is 93.5. The van der Waals surface area contributed by atoms with E-state index in [4.69, 9.17) is 0 Å². The van der Waals surface area contributed by atoms with Gasteiger partial charge in [0.25, 0.3) is 0 Å². The Morgan fingerprint density at radius 3 is 1.63 bits per heavy atom. The molecule has 0 fully saturated rings. The van der Waals surface area contributed by atoms with Crippen molar-refractivity contribution in [2.75, 3.05) is 0 Å². The predicted molar refractivity (Wildman–Crippen MR) is 85.1 cm³/mol. The zero-order valence-electron chi connectivity index (χ0n) is 13.4. The predicted octanol–water partition coefficient (Wildman–Crippen LogP) is 6.59. The molecule has 3 aromatic rings. The molecular formula is C19H10F7N. The van der Waals surface area contributed by atoms with Crippen LogP contribution in [0.15, 0.2) is 60.7 Å². The molecule has 2 aromatic carbocycles. The summed E-state index contributed by atoms with van der Waals surface area (Å²) in [6.07, 6.45) is -9.47. The number of pyridine rings is 1. The van der Waals surface area contributed by atoms with E-state index in [1.54, 1.807) is 0 Å². The standard InChI is InChI=1S/C19H10F7N/c20-15-9-10-16(11-5-1-3-7-13(11)18(21,22)23)27-17(15)12-6-2-4-8-14(12)19(24,25)26/h1-10H. The second-order valence-corrected chi connectivity index (χ2v) is 5.61. The normalized spacial score (nSPS) is 12.3. The number of halogens is 7. The van der Waals surface area contributed by atoms with Crippen molar-refractivity contribution in [3.63, 3.8) is 0 Å². The van der Waals surface area contributed by atoms with Gasteiger partial charge < -0.3 is 0 Å². The highest BCUT2D eigenvalue weighted by Gasteiger charge is 2.35. The Bertz CT molecular complexity index is 974. The van der Waals surface area contributed by atoms with Crippen molar-refractivity contribution < 1.29 is 30.7 Å². The van der Waals surface area contributed by atoms with E-state index < -0.39 is 40.6 Å². The molecule has 0 aliphatic heterocycles. The first-order valence-electron chi connectivity index (χ1n) is 7.59. The molecule has 0 aliphatic rings. The molecular weight excluding hydrogens is 375 g/mol. The van der Waals surface area contributed by atoms with Crippen molar-refractivity contribution in [2.24, 2.45) is 0 Å². The minimum absolute atomic E-state index is 0.281. The van der Waals surface area contributed by atoms with Gasteiger partial charge in [-0.05, 0) is 24.3 Å². The van der Waals surface area contributed by atoms with Crippen LogP contribution in [0.5, 0.6) is 0 Å². The van der Waals surface area contributed by atoms with Crippen molar-refractivity contribution >= 4 is 0 Å². The van der Waals surface area contributed by atoms with Gasteiger partial charge in [-0.2, -0.15) is 26.3 Å². The van der Waals surface area contributed by atoms with Gasteiger partial charge in [-0.15, -0.1) is 0 Å². The molecule has 0 amide bonds. The van der Waals surface area contributed by atoms with Crippen LogP contribution >= 0.6 is 0 Å². The van der Waals surface area contributed by atoms with Gasteiger partial charge in [0.1, 0.15) is 11.5 Å². The quantitative estimate of drug-likeness (QED) is 0.454. The fraction of sp³-hybridized carbons (Fsp3) is 0.105. The number of aromatic nitrogens is 1. The Labute approximate surface area is 149 Å². The number of alkyl halides is 6. The highest BCUT2D eigenvalue weighted by Crippen LogP contribution is 2.39. The molecule has 1 nitrogen and oxygen atoms in total. The first kappa shape index (κ1) is 18.9. The van der Waals surface area contributed by atoms with E-state index in [2.05, 4.69) is 4.98 Å². The summed E-state index contributed by atoms with van der Waals surface area (Å²) in [4.78, 5) is 3.79. The summed E-state index contributed by atoms with van der Waals surface area (Å²) in [5.41, 5.74) is -3.99. The molecule has 1 heterocycles. The van der Waals surface area contributed by atoms with E-state index in [-0.39, 0.29) is 11.3 Å². The number of rotatable bonds is 2. The minimum atomic E-state index is -4.77. The maximum Gasteiger partial charge on any atom is 0.417 e. The molecule has 0 saturated carbocycles. The van der Waals surface area contributed by atoms with E-state index in [1.165, 1.54) is 18.2 Å². The van der Waals surface area contributed by atoms with Crippen LogP contribution in [0.4, 0.5) is 30.7 Å². The fourth-order valence-corrected chi connectivity index (χ4v) is 2.67. The maximum atomic E-state index is 14.2. The second kappa shape index (κ2) is 6.68. The molecule has 0 bridgehead atoms. The van der Waals surface area contributed by atoms with Crippen LogP contribution in [0, 0.1) is 5.82 Å². The third kappa shape index (κ3) is 3.79. The van der Waals surface area contributed by atoms with Crippen molar-refractivity contribution in [2.45, 2.75) is 12.4 Å². The summed E-state index contributed by atoms with van der Waals surface area (Å²) >= 11 is 0. The van der Waals surface area contributed by atoms with Crippen molar-refractivity contribution in [3.05, 3.63) is 77.6 Å². The van der Waals surface area contributed by atoms with Crippen LogP contribution < -0.4 is 0 Å².